The number of hydrogen-bond donors (Lipinski definition) is 1. The summed E-state index contributed by atoms with van der Waals surface area (Å²) >= 11 is 0. The lowest BCUT2D eigenvalue weighted by molar-refractivity contribution is -0.116. The molecule has 3 rings (SSSR count). The molecule has 1 aliphatic rings. The van der Waals surface area contributed by atoms with E-state index in [9.17, 15) is 22.4 Å². The number of halogens is 1. The molecule has 166 valence electrons. The first kappa shape index (κ1) is 22.7. The van der Waals surface area contributed by atoms with Gasteiger partial charge in [0, 0.05) is 31.9 Å². The van der Waals surface area contributed by atoms with E-state index >= 15 is 0 Å². The van der Waals surface area contributed by atoms with E-state index in [4.69, 9.17) is 0 Å². The first-order valence-electron chi connectivity index (χ1n) is 9.79. The fourth-order valence-electron chi connectivity index (χ4n) is 3.15. The van der Waals surface area contributed by atoms with Crippen molar-refractivity contribution in [3.63, 3.8) is 0 Å². The van der Waals surface area contributed by atoms with Gasteiger partial charge < -0.3 is 15.1 Å². The predicted molar refractivity (Wildman–Crippen MR) is 115 cm³/mol. The van der Waals surface area contributed by atoms with Crippen molar-refractivity contribution in [2.75, 3.05) is 45.1 Å². The highest BCUT2D eigenvalue weighted by Crippen LogP contribution is 2.19. The molecular formula is C21H25FN4O4S. The Morgan fingerprint density at radius 1 is 1.06 bits per heavy atom. The molecule has 1 aliphatic heterocycles. The second-order valence-corrected chi connectivity index (χ2v) is 9.32. The standard InChI is InChI=1S/C21H25FN4O4S/c1-16-6-8-19(9-7-16)31(29,30)26(21(28)25-12-10-24(2)11-13-25)15-20(27)23-18-5-3-4-17(22)14-18/h3-9,14H,10-13,15H2,1-2H3,(H,23,27). The van der Waals surface area contributed by atoms with Crippen LogP contribution in [0, 0.1) is 12.7 Å². The second-order valence-electron chi connectivity index (χ2n) is 7.46. The zero-order valence-electron chi connectivity index (χ0n) is 17.4. The van der Waals surface area contributed by atoms with E-state index in [1.165, 1.54) is 35.2 Å². The van der Waals surface area contributed by atoms with Gasteiger partial charge in [-0.25, -0.2) is 21.9 Å². The van der Waals surface area contributed by atoms with Gasteiger partial charge in [0.2, 0.25) is 5.91 Å². The normalized spacial score (nSPS) is 14.9. The van der Waals surface area contributed by atoms with Gasteiger partial charge in [0.05, 0.1) is 4.90 Å². The summed E-state index contributed by atoms with van der Waals surface area (Å²) in [5, 5.41) is 2.45. The Morgan fingerprint density at radius 3 is 2.32 bits per heavy atom. The lowest BCUT2D eigenvalue weighted by atomic mass is 10.2. The summed E-state index contributed by atoms with van der Waals surface area (Å²) in [6, 6.07) is 10.5. The summed E-state index contributed by atoms with van der Waals surface area (Å²) in [6.07, 6.45) is 0. The minimum Gasteiger partial charge on any atom is -0.324 e. The van der Waals surface area contributed by atoms with E-state index in [1.54, 1.807) is 12.1 Å². The minimum absolute atomic E-state index is 0.0841. The smallest absolute Gasteiger partial charge is 0.324 e. The summed E-state index contributed by atoms with van der Waals surface area (Å²) in [7, 11) is -2.37. The molecule has 0 aliphatic carbocycles. The maximum absolute atomic E-state index is 13.4. The van der Waals surface area contributed by atoms with E-state index in [-0.39, 0.29) is 10.6 Å². The predicted octanol–water partition coefficient (Wildman–Crippen LogP) is 2.13. The summed E-state index contributed by atoms with van der Waals surface area (Å²) in [5.41, 5.74) is 1.03. The number of carbonyl (C=O) groups is 2. The summed E-state index contributed by atoms with van der Waals surface area (Å²) in [5.74, 6) is -1.29. The number of carbonyl (C=O) groups excluding carboxylic acids is 2. The first-order valence-corrected chi connectivity index (χ1v) is 11.2. The Morgan fingerprint density at radius 2 is 1.71 bits per heavy atom. The summed E-state index contributed by atoms with van der Waals surface area (Å²) in [6.45, 7) is 2.98. The second kappa shape index (κ2) is 9.44. The Bertz CT molecular complexity index is 1050. The number of amides is 3. The highest BCUT2D eigenvalue weighted by atomic mass is 32.2. The van der Waals surface area contributed by atoms with Gasteiger partial charge in [-0.2, -0.15) is 0 Å². The number of nitrogens with zero attached hydrogens (tertiary/aromatic N) is 3. The van der Waals surface area contributed by atoms with Crippen LogP contribution in [0.15, 0.2) is 53.4 Å². The molecule has 1 fully saturated rings. The number of likely N-dealkylation sites (N-methyl/N-ethyl adjacent to an activating group) is 1. The summed E-state index contributed by atoms with van der Waals surface area (Å²) in [4.78, 5) is 29.1. The molecule has 0 unspecified atom stereocenters. The minimum atomic E-state index is -4.28. The molecule has 1 saturated heterocycles. The molecular weight excluding hydrogens is 423 g/mol. The Balaban J connectivity index is 1.87. The van der Waals surface area contributed by atoms with Crippen LogP contribution in [0.3, 0.4) is 0 Å². The topological polar surface area (TPSA) is 90.0 Å². The number of aryl methyl sites for hydroxylation is 1. The van der Waals surface area contributed by atoms with Gasteiger partial charge >= 0.3 is 6.03 Å². The van der Waals surface area contributed by atoms with E-state index in [2.05, 4.69) is 5.32 Å². The lowest BCUT2D eigenvalue weighted by Gasteiger charge is -2.35. The maximum atomic E-state index is 13.4. The van der Waals surface area contributed by atoms with Crippen molar-refractivity contribution in [3.05, 3.63) is 59.9 Å². The molecule has 0 bridgehead atoms. The average Bonchev–Trinajstić information content (AvgIpc) is 2.72. The van der Waals surface area contributed by atoms with Gasteiger partial charge in [0.15, 0.2) is 0 Å². The molecule has 0 radical (unpaired) electrons. The fraction of sp³-hybridized carbons (Fsp3) is 0.333. The number of sulfonamides is 1. The van der Waals surface area contributed by atoms with Crippen molar-refractivity contribution in [1.82, 2.24) is 14.1 Å². The van der Waals surface area contributed by atoms with Gasteiger partial charge in [0.25, 0.3) is 10.0 Å². The van der Waals surface area contributed by atoms with Crippen LogP contribution in [0.25, 0.3) is 0 Å². The Labute approximate surface area is 181 Å². The van der Waals surface area contributed by atoms with Gasteiger partial charge in [-0.05, 0) is 44.3 Å². The monoisotopic (exact) mass is 448 g/mol. The van der Waals surface area contributed by atoms with Crippen LogP contribution in [-0.4, -0.2) is 74.2 Å². The number of benzene rings is 2. The van der Waals surface area contributed by atoms with E-state index in [0.29, 0.717) is 30.5 Å². The van der Waals surface area contributed by atoms with Crippen LogP contribution in [0.1, 0.15) is 5.56 Å². The molecule has 0 atom stereocenters. The van der Waals surface area contributed by atoms with Crippen molar-refractivity contribution in [3.8, 4) is 0 Å². The molecule has 10 heteroatoms. The zero-order chi connectivity index (χ0) is 22.6. The fourth-order valence-corrected chi connectivity index (χ4v) is 4.49. The lowest BCUT2D eigenvalue weighted by Crippen LogP contribution is -2.54. The number of anilines is 1. The van der Waals surface area contributed by atoms with Gasteiger partial charge in [-0.3, -0.25) is 4.79 Å². The molecule has 0 aromatic heterocycles. The number of nitrogens with one attached hydrogen (secondary N) is 1. The van der Waals surface area contributed by atoms with E-state index in [0.717, 1.165) is 11.6 Å². The third-order valence-electron chi connectivity index (χ3n) is 4.99. The van der Waals surface area contributed by atoms with Crippen LogP contribution >= 0.6 is 0 Å². The van der Waals surface area contributed by atoms with Crippen molar-refractivity contribution in [2.45, 2.75) is 11.8 Å². The number of urea groups is 1. The molecule has 2 aromatic rings. The van der Waals surface area contributed by atoms with Gasteiger partial charge in [-0.15, -0.1) is 0 Å². The number of hydrogen-bond acceptors (Lipinski definition) is 5. The third-order valence-corrected chi connectivity index (χ3v) is 6.73. The van der Waals surface area contributed by atoms with Gasteiger partial charge in [0.1, 0.15) is 12.4 Å². The van der Waals surface area contributed by atoms with Crippen molar-refractivity contribution >= 4 is 27.6 Å². The molecule has 1 heterocycles. The highest BCUT2D eigenvalue weighted by molar-refractivity contribution is 7.89. The molecule has 0 spiro atoms. The average molecular weight is 449 g/mol. The molecule has 2 aromatic carbocycles. The van der Waals surface area contributed by atoms with Crippen LogP contribution in [0.5, 0.6) is 0 Å². The number of rotatable bonds is 5. The maximum Gasteiger partial charge on any atom is 0.334 e. The summed E-state index contributed by atoms with van der Waals surface area (Å²) < 4.78 is 40.5. The third kappa shape index (κ3) is 5.59. The molecule has 8 nitrogen and oxygen atoms in total. The zero-order valence-corrected chi connectivity index (χ0v) is 18.2. The molecule has 31 heavy (non-hydrogen) atoms. The van der Waals surface area contributed by atoms with Crippen molar-refractivity contribution in [1.29, 1.82) is 0 Å². The molecule has 0 saturated carbocycles. The SMILES string of the molecule is Cc1ccc(S(=O)(=O)N(CC(=O)Nc2cccc(F)c2)C(=O)N2CCN(C)CC2)cc1. The molecule has 3 amide bonds. The van der Waals surface area contributed by atoms with Crippen LogP contribution < -0.4 is 5.32 Å². The van der Waals surface area contributed by atoms with Gasteiger partial charge in [-0.1, -0.05) is 23.8 Å². The van der Waals surface area contributed by atoms with Crippen molar-refractivity contribution in [2.24, 2.45) is 0 Å². The van der Waals surface area contributed by atoms with E-state index in [1.807, 2.05) is 18.9 Å². The van der Waals surface area contributed by atoms with Crippen molar-refractivity contribution < 1.29 is 22.4 Å². The number of piperazine rings is 1. The van der Waals surface area contributed by atoms with Crippen LogP contribution in [0.4, 0.5) is 14.9 Å². The Kier molecular flexibility index (Phi) is 6.91. The molecule has 1 N–H and O–H groups in total. The first-order chi connectivity index (χ1) is 14.7. The quantitative estimate of drug-likeness (QED) is 0.757. The largest absolute Gasteiger partial charge is 0.334 e. The van der Waals surface area contributed by atoms with Crippen LogP contribution in [0.2, 0.25) is 0 Å². The highest BCUT2D eigenvalue weighted by Gasteiger charge is 2.35. The van der Waals surface area contributed by atoms with Crippen LogP contribution in [-0.2, 0) is 14.8 Å². The Hall–Kier alpha value is -2.98. The van der Waals surface area contributed by atoms with E-state index < -0.39 is 34.3 Å².